The lowest BCUT2D eigenvalue weighted by Crippen LogP contribution is -2.29. The van der Waals surface area contributed by atoms with E-state index >= 15 is 0 Å². The fourth-order valence-electron chi connectivity index (χ4n) is 4.74. The van der Waals surface area contributed by atoms with Gasteiger partial charge in [0.05, 0.1) is 0 Å². The average molecular weight is 556 g/mol. The summed E-state index contributed by atoms with van der Waals surface area (Å²) in [5.41, 5.74) is 4.94. The Labute approximate surface area is 216 Å². The third-order valence-corrected chi connectivity index (χ3v) is 6.63. The molecule has 0 aliphatic carbocycles. The largest absolute Gasteiger partial charge is 0.428 e. The molecule has 0 fully saturated rings. The molecule has 0 saturated heterocycles. The van der Waals surface area contributed by atoms with Crippen molar-refractivity contribution in [2.75, 3.05) is 0 Å². The van der Waals surface area contributed by atoms with Crippen molar-refractivity contribution in [3.8, 4) is 28.0 Å². The molecule has 0 radical (unpaired) electrons. The smallest absolute Gasteiger partial charge is 0.192 e. The molecule has 5 aromatic rings. The molecule has 0 aliphatic heterocycles. The summed E-state index contributed by atoms with van der Waals surface area (Å²) in [6, 6.07) is 32.4. The maximum absolute atomic E-state index is 5.50. The summed E-state index contributed by atoms with van der Waals surface area (Å²) >= 11 is 1.95. The van der Waals surface area contributed by atoms with Gasteiger partial charge in [-0.25, -0.2) is 0 Å². The zero-order valence-corrected chi connectivity index (χ0v) is 22.3. The summed E-state index contributed by atoms with van der Waals surface area (Å²) in [6.45, 7) is 8.26. The summed E-state index contributed by atoms with van der Waals surface area (Å²) in [5.74, 6) is 0.856. The van der Waals surface area contributed by atoms with E-state index in [2.05, 4.69) is 111 Å². The summed E-state index contributed by atoms with van der Waals surface area (Å²) in [5, 5.41) is 7.54. The molecule has 0 heterocycles. The summed E-state index contributed by atoms with van der Waals surface area (Å²) in [7, 11) is 0. The lowest BCUT2D eigenvalue weighted by molar-refractivity contribution is 0.717. The van der Waals surface area contributed by atoms with E-state index in [1.165, 1.54) is 48.7 Å². The van der Waals surface area contributed by atoms with Gasteiger partial charge in [0.2, 0.25) is 0 Å². The highest BCUT2D eigenvalue weighted by atomic mass is 127. The topological polar surface area (TPSA) is 9.23 Å². The van der Waals surface area contributed by atoms with Crippen LogP contribution in [0, 0.1) is 0 Å². The van der Waals surface area contributed by atoms with Gasteiger partial charge in [0.1, 0.15) is 5.75 Å². The van der Waals surface area contributed by atoms with Gasteiger partial charge in [0, 0.05) is 0 Å². The van der Waals surface area contributed by atoms with Crippen LogP contribution in [0.1, 0.15) is 27.7 Å². The second-order valence-electron chi connectivity index (χ2n) is 7.87. The third-order valence-electron chi connectivity index (χ3n) is 6.12. The van der Waals surface area contributed by atoms with E-state index < -0.39 is 0 Å². The summed E-state index contributed by atoms with van der Waals surface area (Å²) in [6.07, 6.45) is 4.48. The molecule has 0 saturated carbocycles. The van der Waals surface area contributed by atoms with Crippen LogP contribution >= 0.6 is 23.0 Å². The van der Waals surface area contributed by atoms with Crippen LogP contribution in [0.5, 0.6) is 5.75 Å². The van der Waals surface area contributed by atoms with Crippen molar-refractivity contribution in [3.05, 3.63) is 101 Å². The van der Waals surface area contributed by atoms with Crippen LogP contribution in [0.3, 0.4) is 0 Å². The second kappa shape index (κ2) is 10.9. The molecule has 0 bridgehead atoms. The Bertz CT molecular complexity index is 1580. The Kier molecular flexibility index (Phi) is 7.69. The van der Waals surface area contributed by atoms with Gasteiger partial charge in [-0.2, -0.15) is 0 Å². The van der Waals surface area contributed by atoms with Gasteiger partial charge in [-0.1, -0.05) is 98.8 Å². The van der Waals surface area contributed by atoms with Crippen LogP contribution in [0.4, 0.5) is 0 Å². The van der Waals surface area contributed by atoms with E-state index in [9.17, 15) is 0 Å². The molecule has 34 heavy (non-hydrogen) atoms. The summed E-state index contributed by atoms with van der Waals surface area (Å²) in [4.78, 5) is 0. The molecular weight excluding hydrogens is 527 g/mol. The fourth-order valence-corrected chi connectivity index (χ4v) is 5.02. The van der Waals surface area contributed by atoms with Crippen LogP contribution < -0.4 is 13.5 Å². The third kappa shape index (κ3) is 4.35. The van der Waals surface area contributed by atoms with Crippen LogP contribution in [0.15, 0.2) is 91.0 Å². The first-order valence-electron chi connectivity index (χ1n) is 11.8. The highest BCUT2D eigenvalue weighted by Gasteiger charge is 2.15. The van der Waals surface area contributed by atoms with Crippen LogP contribution in [0.2, 0.25) is 0 Å². The Morgan fingerprint density at radius 2 is 1.15 bits per heavy atom. The highest BCUT2D eigenvalue weighted by molar-refractivity contribution is 14.1. The number of fused-ring (bicyclic) bond motifs is 2. The fraction of sp³-hybridized carbons (Fsp3) is 0.125. The van der Waals surface area contributed by atoms with Gasteiger partial charge >= 0.3 is 0 Å². The van der Waals surface area contributed by atoms with Gasteiger partial charge in [0.15, 0.2) is 23.0 Å². The number of rotatable bonds is 3. The summed E-state index contributed by atoms with van der Waals surface area (Å²) < 4.78 is 5.50. The minimum Gasteiger partial charge on any atom is -0.428 e. The maximum Gasteiger partial charge on any atom is 0.192 e. The molecule has 2 heteroatoms. The molecular formula is C32H29IO. The molecule has 5 aromatic carbocycles. The standard InChI is InChI=1S/C30H23IO.C2H6/c1-3-25-26(4-2)30(23-17-16-20-10-5-6-11-21(20)18-23)28-15-8-7-14-27(28)29(25)22-12-9-13-24(19-22)32-31;1-2/h3-19H,1-2H3;1-2H3/b25-3+,26-4+;. The van der Waals surface area contributed by atoms with Gasteiger partial charge in [-0.05, 0) is 86.3 Å². The van der Waals surface area contributed by atoms with Crippen molar-refractivity contribution in [3.63, 3.8) is 0 Å². The van der Waals surface area contributed by atoms with E-state index in [1.807, 2.05) is 42.9 Å². The Morgan fingerprint density at radius 1 is 0.588 bits per heavy atom. The second-order valence-corrected chi connectivity index (χ2v) is 8.31. The number of hydrogen-bond acceptors (Lipinski definition) is 1. The maximum atomic E-state index is 5.50. The lowest BCUT2D eigenvalue weighted by Gasteiger charge is -2.16. The Morgan fingerprint density at radius 3 is 1.74 bits per heavy atom. The lowest BCUT2D eigenvalue weighted by atomic mass is 9.87. The van der Waals surface area contributed by atoms with E-state index in [-0.39, 0.29) is 0 Å². The number of hydrogen-bond donors (Lipinski definition) is 0. The first-order chi connectivity index (χ1) is 16.7. The van der Waals surface area contributed by atoms with Crippen molar-refractivity contribution in [1.82, 2.24) is 0 Å². The van der Waals surface area contributed by atoms with Gasteiger partial charge in [-0.3, -0.25) is 0 Å². The first kappa shape index (κ1) is 24.0. The normalized spacial score (nSPS) is 12.0. The van der Waals surface area contributed by atoms with Crippen LogP contribution in [-0.2, 0) is 0 Å². The molecule has 0 aliphatic rings. The zero-order valence-electron chi connectivity index (χ0n) is 20.1. The van der Waals surface area contributed by atoms with Crippen molar-refractivity contribution in [2.24, 2.45) is 0 Å². The molecule has 0 spiro atoms. The van der Waals surface area contributed by atoms with Crippen molar-refractivity contribution < 1.29 is 3.07 Å². The van der Waals surface area contributed by atoms with Crippen molar-refractivity contribution >= 4 is 56.7 Å². The van der Waals surface area contributed by atoms with Crippen molar-refractivity contribution in [2.45, 2.75) is 27.7 Å². The molecule has 0 atom stereocenters. The van der Waals surface area contributed by atoms with E-state index in [4.69, 9.17) is 3.07 Å². The van der Waals surface area contributed by atoms with Crippen LogP contribution in [0.25, 0.3) is 56.0 Å². The molecule has 170 valence electrons. The van der Waals surface area contributed by atoms with Gasteiger partial charge in [-0.15, -0.1) is 0 Å². The van der Waals surface area contributed by atoms with Crippen LogP contribution in [-0.4, -0.2) is 0 Å². The Hall–Kier alpha value is -3.11. The highest BCUT2D eigenvalue weighted by Crippen LogP contribution is 2.33. The van der Waals surface area contributed by atoms with E-state index in [1.54, 1.807) is 0 Å². The first-order valence-corrected chi connectivity index (χ1v) is 12.7. The molecule has 0 aromatic heterocycles. The minimum absolute atomic E-state index is 0.856. The predicted octanol–water partition coefficient (Wildman–Crippen LogP) is 8.68. The number of halogens is 1. The minimum atomic E-state index is 0.856. The monoisotopic (exact) mass is 556 g/mol. The molecule has 0 unspecified atom stereocenters. The van der Waals surface area contributed by atoms with Gasteiger partial charge in [0.25, 0.3) is 0 Å². The van der Waals surface area contributed by atoms with E-state index in [0.717, 1.165) is 11.3 Å². The SMILES string of the molecule is C/C=c1/c(-c2cccc(OI)c2)c2ccccc2c(-c2ccc3ccccc3c2)/c1=C/C.CC. The molecule has 0 N–H and O–H groups in total. The Balaban J connectivity index is 0.00000133. The number of benzene rings is 5. The average Bonchev–Trinajstić information content (AvgIpc) is 2.92. The van der Waals surface area contributed by atoms with Crippen molar-refractivity contribution in [1.29, 1.82) is 0 Å². The zero-order chi connectivity index (χ0) is 24.1. The molecule has 0 amide bonds. The van der Waals surface area contributed by atoms with E-state index in [0.29, 0.717) is 0 Å². The van der Waals surface area contributed by atoms with Gasteiger partial charge < -0.3 is 3.07 Å². The molecule has 1 nitrogen and oxygen atoms in total. The predicted molar refractivity (Wildman–Crippen MR) is 158 cm³/mol. The molecule has 5 rings (SSSR count). The quantitative estimate of drug-likeness (QED) is 0.202.